The van der Waals surface area contributed by atoms with Crippen molar-refractivity contribution in [1.29, 1.82) is 0 Å². The summed E-state index contributed by atoms with van der Waals surface area (Å²) in [6.45, 7) is 16.6. The Labute approximate surface area is 108 Å². The number of hydrogen-bond donors (Lipinski definition) is 1. The molecular formula is C15H32N2. The van der Waals surface area contributed by atoms with Gasteiger partial charge in [0.2, 0.25) is 0 Å². The molecule has 2 heteroatoms. The highest BCUT2D eigenvalue weighted by atomic mass is 15.2. The van der Waals surface area contributed by atoms with Gasteiger partial charge in [-0.15, -0.1) is 0 Å². The Hall–Kier alpha value is -0.0800. The average molecular weight is 240 g/mol. The molecule has 1 rings (SSSR count). The molecule has 0 spiro atoms. The molecule has 102 valence electrons. The molecule has 1 aliphatic heterocycles. The van der Waals surface area contributed by atoms with Crippen LogP contribution in [0.2, 0.25) is 0 Å². The van der Waals surface area contributed by atoms with Gasteiger partial charge in [0, 0.05) is 12.6 Å². The van der Waals surface area contributed by atoms with E-state index in [1.807, 2.05) is 0 Å². The minimum absolute atomic E-state index is 0.570. The van der Waals surface area contributed by atoms with E-state index in [0.29, 0.717) is 11.5 Å². The van der Waals surface area contributed by atoms with Crippen LogP contribution in [0.25, 0.3) is 0 Å². The minimum Gasteiger partial charge on any atom is -0.313 e. The molecule has 0 bridgehead atoms. The fourth-order valence-corrected chi connectivity index (χ4v) is 2.61. The smallest absolute Gasteiger partial charge is 0.0220 e. The fourth-order valence-electron chi connectivity index (χ4n) is 2.61. The van der Waals surface area contributed by atoms with E-state index in [-0.39, 0.29) is 0 Å². The van der Waals surface area contributed by atoms with E-state index >= 15 is 0 Å². The lowest BCUT2D eigenvalue weighted by molar-refractivity contribution is 0.114. The van der Waals surface area contributed by atoms with Gasteiger partial charge in [0.05, 0.1) is 0 Å². The summed E-state index contributed by atoms with van der Waals surface area (Å²) in [5, 5.41) is 3.66. The predicted octanol–water partition coefficient (Wildman–Crippen LogP) is 3.13. The van der Waals surface area contributed by atoms with Gasteiger partial charge in [0.15, 0.2) is 0 Å². The second-order valence-electron chi connectivity index (χ2n) is 6.51. The molecule has 2 nitrogen and oxygen atoms in total. The van der Waals surface area contributed by atoms with Crippen LogP contribution in [0.5, 0.6) is 0 Å². The number of likely N-dealkylation sites (tertiary alicyclic amines) is 1. The van der Waals surface area contributed by atoms with Crippen molar-refractivity contribution in [2.75, 3.05) is 26.2 Å². The van der Waals surface area contributed by atoms with Crippen molar-refractivity contribution in [2.45, 2.75) is 59.9 Å². The molecule has 0 amide bonds. The number of rotatable bonds is 6. The van der Waals surface area contributed by atoms with Crippen molar-refractivity contribution in [1.82, 2.24) is 10.2 Å². The second-order valence-corrected chi connectivity index (χ2v) is 6.51. The molecule has 1 saturated heterocycles. The van der Waals surface area contributed by atoms with E-state index in [2.05, 4.69) is 44.8 Å². The van der Waals surface area contributed by atoms with Crippen LogP contribution >= 0.6 is 0 Å². The van der Waals surface area contributed by atoms with Gasteiger partial charge >= 0.3 is 0 Å². The van der Waals surface area contributed by atoms with Crippen LogP contribution in [0.15, 0.2) is 0 Å². The number of likely N-dealkylation sites (N-methyl/N-ethyl adjacent to an activating group) is 1. The lowest BCUT2D eigenvalue weighted by atomic mass is 9.82. The van der Waals surface area contributed by atoms with Crippen molar-refractivity contribution in [3.05, 3.63) is 0 Å². The van der Waals surface area contributed by atoms with E-state index in [4.69, 9.17) is 0 Å². The summed E-state index contributed by atoms with van der Waals surface area (Å²) >= 11 is 0. The highest BCUT2D eigenvalue weighted by Gasteiger charge is 2.27. The molecule has 1 heterocycles. The lowest BCUT2D eigenvalue weighted by Crippen LogP contribution is -2.48. The van der Waals surface area contributed by atoms with Gasteiger partial charge < -0.3 is 10.2 Å². The first-order valence-electron chi connectivity index (χ1n) is 7.44. The topological polar surface area (TPSA) is 15.3 Å². The van der Waals surface area contributed by atoms with Gasteiger partial charge in [-0.05, 0) is 43.8 Å². The summed E-state index contributed by atoms with van der Waals surface area (Å²) in [7, 11) is 0. The van der Waals surface area contributed by atoms with Crippen LogP contribution in [0.3, 0.4) is 0 Å². The maximum Gasteiger partial charge on any atom is 0.0220 e. The third-order valence-corrected chi connectivity index (χ3v) is 4.46. The Kier molecular flexibility index (Phi) is 5.94. The lowest BCUT2D eigenvalue weighted by Gasteiger charge is -2.39. The Morgan fingerprint density at radius 1 is 1.18 bits per heavy atom. The fraction of sp³-hybridized carbons (Fsp3) is 1.00. The van der Waals surface area contributed by atoms with E-state index in [1.165, 1.54) is 38.9 Å². The molecule has 1 fully saturated rings. The van der Waals surface area contributed by atoms with Crippen molar-refractivity contribution >= 4 is 0 Å². The molecule has 0 aliphatic carbocycles. The summed E-state index contributed by atoms with van der Waals surface area (Å²) in [6, 6.07) is 0.672. The van der Waals surface area contributed by atoms with Gasteiger partial charge in [0.1, 0.15) is 0 Å². The largest absolute Gasteiger partial charge is 0.313 e. The molecule has 0 radical (unpaired) electrons. The molecule has 1 N–H and O–H groups in total. The van der Waals surface area contributed by atoms with Crippen LogP contribution in [0.4, 0.5) is 0 Å². The number of piperidine rings is 1. The molecule has 17 heavy (non-hydrogen) atoms. The second kappa shape index (κ2) is 6.75. The average Bonchev–Trinajstić information content (AvgIpc) is 2.30. The summed E-state index contributed by atoms with van der Waals surface area (Å²) < 4.78 is 0. The van der Waals surface area contributed by atoms with Crippen LogP contribution in [-0.4, -0.2) is 37.1 Å². The predicted molar refractivity (Wildman–Crippen MR) is 76.4 cm³/mol. The summed E-state index contributed by atoms with van der Waals surface area (Å²) in [6.07, 6.45) is 3.98. The van der Waals surface area contributed by atoms with Crippen molar-refractivity contribution in [3.63, 3.8) is 0 Å². The Morgan fingerprint density at radius 2 is 1.76 bits per heavy atom. The molecule has 2 atom stereocenters. The first-order chi connectivity index (χ1) is 7.98. The van der Waals surface area contributed by atoms with E-state index < -0.39 is 0 Å². The monoisotopic (exact) mass is 240 g/mol. The molecule has 1 aliphatic rings. The molecule has 0 saturated carbocycles. The third kappa shape index (κ3) is 4.97. The number of hydrogen-bond acceptors (Lipinski definition) is 2. The van der Waals surface area contributed by atoms with E-state index in [1.54, 1.807) is 0 Å². The van der Waals surface area contributed by atoms with Crippen LogP contribution in [0.1, 0.15) is 53.9 Å². The zero-order chi connectivity index (χ0) is 12.9. The number of nitrogens with one attached hydrogen (secondary N) is 1. The van der Waals surface area contributed by atoms with Gasteiger partial charge in [-0.1, -0.05) is 41.0 Å². The first-order valence-corrected chi connectivity index (χ1v) is 7.44. The zero-order valence-corrected chi connectivity index (χ0v) is 12.6. The van der Waals surface area contributed by atoms with Gasteiger partial charge in [0.25, 0.3) is 0 Å². The Morgan fingerprint density at radius 3 is 2.24 bits per heavy atom. The first kappa shape index (κ1) is 15.0. The number of nitrogens with zero attached hydrogens (tertiary/aromatic N) is 1. The normalized spacial score (nSPS) is 24.5. The van der Waals surface area contributed by atoms with Gasteiger partial charge in [-0.25, -0.2) is 0 Å². The summed E-state index contributed by atoms with van der Waals surface area (Å²) in [5.74, 6) is 0.782. The SMILES string of the molecule is CCNC(CN1CCC(C)(C)CC1)C(C)CC. The van der Waals surface area contributed by atoms with E-state index in [0.717, 1.165) is 12.5 Å². The summed E-state index contributed by atoms with van der Waals surface area (Å²) in [4.78, 5) is 2.66. The van der Waals surface area contributed by atoms with Crippen molar-refractivity contribution in [2.24, 2.45) is 11.3 Å². The standard InChI is InChI=1S/C15H32N2/c1-6-13(3)14(16-7-2)12-17-10-8-15(4,5)9-11-17/h13-14,16H,6-12H2,1-5H3. The third-order valence-electron chi connectivity index (χ3n) is 4.46. The van der Waals surface area contributed by atoms with Gasteiger partial charge in [-0.2, -0.15) is 0 Å². The molecule has 0 aromatic heterocycles. The maximum atomic E-state index is 3.66. The zero-order valence-electron chi connectivity index (χ0n) is 12.6. The van der Waals surface area contributed by atoms with E-state index in [9.17, 15) is 0 Å². The van der Waals surface area contributed by atoms with Crippen LogP contribution in [0, 0.1) is 11.3 Å². The minimum atomic E-state index is 0.570. The summed E-state index contributed by atoms with van der Waals surface area (Å²) in [5.41, 5.74) is 0.570. The van der Waals surface area contributed by atoms with Crippen LogP contribution < -0.4 is 5.32 Å². The molecule has 0 aromatic carbocycles. The van der Waals surface area contributed by atoms with Crippen molar-refractivity contribution < 1.29 is 0 Å². The van der Waals surface area contributed by atoms with Gasteiger partial charge in [-0.3, -0.25) is 0 Å². The van der Waals surface area contributed by atoms with Crippen LogP contribution in [-0.2, 0) is 0 Å². The Bertz CT molecular complexity index is 203. The molecular weight excluding hydrogens is 208 g/mol. The Balaban J connectivity index is 2.40. The quantitative estimate of drug-likeness (QED) is 0.767. The highest BCUT2D eigenvalue weighted by molar-refractivity contribution is 4.82. The molecule has 0 aromatic rings. The molecule has 2 unspecified atom stereocenters. The highest BCUT2D eigenvalue weighted by Crippen LogP contribution is 2.29. The maximum absolute atomic E-state index is 3.66. The van der Waals surface area contributed by atoms with Crippen molar-refractivity contribution in [3.8, 4) is 0 Å².